The Morgan fingerprint density at radius 3 is 2.86 bits per heavy atom. The van der Waals surface area contributed by atoms with Gasteiger partial charge in [-0.3, -0.25) is 4.99 Å². The Morgan fingerprint density at radius 1 is 1.43 bits per heavy atom. The number of aliphatic imine (C=N–C) groups is 1. The summed E-state index contributed by atoms with van der Waals surface area (Å²) in [5, 5.41) is 2.60. The molecular weight excluding hydrogens is 401 g/mol. The van der Waals surface area contributed by atoms with E-state index in [-0.39, 0.29) is 47.5 Å². The molecule has 3 N–H and O–H groups in total. The molecule has 1 heterocycles. The van der Waals surface area contributed by atoms with Gasteiger partial charge in [0.15, 0.2) is 15.8 Å². The summed E-state index contributed by atoms with van der Waals surface area (Å²) in [5.74, 6) is 0.537. The van der Waals surface area contributed by atoms with Crippen LogP contribution in [0.2, 0.25) is 0 Å². The van der Waals surface area contributed by atoms with Crippen LogP contribution in [0.1, 0.15) is 24.8 Å². The van der Waals surface area contributed by atoms with Gasteiger partial charge in [-0.15, -0.1) is 24.0 Å². The van der Waals surface area contributed by atoms with Crippen LogP contribution in [0.15, 0.2) is 29.3 Å². The second kappa shape index (κ2) is 7.98. The molecule has 1 saturated heterocycles. The molecule has 2 rings (SSSR count). The molecule has 1 aliphatic heterocycles. The Hall–Kier alpha value is -0.830. The maximum atomic E-state index is 11.9. The topological polar surface area (TPSA) is 84.5 Å². The Kier molecular flexibility index (Phi) is 6.92. The number of hydrogen-bond acceptors (Lipinski definition) is 3. The number of anilines is 1. The van der Waals surface area contributed by atoms with Gasteiger partial charge in [-0.05, 0) is 37.5 Å². The molecule has 0 radical (unpaired) electrons. The van der Waals surface area contributed by atoms with Gasteiger partial charge in [0.25, 0.3) is 0 Å². The number of benzene rings is 1. The fraction of sp³-hybridized carbons (Fsp3) is 0.500. The van der Waals surface area contributed by atoms with Crippen molar-refractivity contribution >= 4 is 45.5 Å². The molecule has 0 amide bonds. The Balaban J connectivity index is 0.00000220. The molecule has 7 heteroatoms. The first-order valence-corrected chi connectivity index (χ1v) is 8.54. The molecule has 0 bridgehead atoms. The summed E-state index contributed by atoms with van der Waals surface area (Å²) in [6.45, 7) is 2.24. The van der Waals surface area contributed by atoms with Crippen LogP contribution in [0, 0.1) is 6.92 Å². The van der Waals surface area contributed by atoms with Gasteiger partial charge in [0.2, 0.25) is 0 Å². The largest absolute Gasteiger partial charge is 0.370 e. The highest BCUT2D eigenvalue weighted by atomic mass is 127. The molecule has 21 heavy (non-hydrogen) atoms. The minimum atomic E-state index is -2.99. The molecule has 1 aliphatic rings. The van der Waals surface area contributed by atoms with Crippen molar-refractivity contribution in [2.24, 2.45) is 10.7 Å². The quantitative estimate of drug-likeness (QED) is 0.444. The van der Waals surface area contributed by atoms with Crippen molar-refractivity contribution in [3.05, 3.63) is 29.8 Å². The maximum Gasteiger partial charge on any atom is 0.193 e. The van der Waals surface area contributed by atoms with E-state index in [0.717, 1.165) is 24.1 Å². The van der Waals surface area contributed by atoms with Crippen molar-refractivity contribution in [3.8, 4) is 0 Å². The summed E-state index contributed by atoms with van der Waals surface area (Å²) < 4.78 is 23.7. The van der Waals surface area contributed by atoms with Crippen LogP contribution in [-0.2, 0) is 9.84 Å². The summed E-state index contributed by atoms with van der Waals surface area (Å²) in [6, 6.07) is 7.77. The Bertz CT molecular complexity index is 602. The Morgan fingerprint density at radius 2 is 2.19 bits per heavy atom. The molecule has 0 aliphatic carbocycles. The predicted octanol–water partition coefficient (Wildman–Crippen LogP) is 2.31. The molecule has 118 valence electrons. The van der Waals surface area contributed by atoms with E-state index in [1.165, 1.54) is 0 Å². The molecule has 0 spiro atoms. The van der Waals surface area contributed by atoms with E-state index in [9.17, 15) is 8.42 Å². The molecule has 1 aromatic rings. The molecule has 1 fully saturated rings. The standard InChI is InChI=1S/C14H21N3O2S.HI/c1-11-5-4-6-12(9-11)17-14(15)16-10-13-7-2-3-8-20(13,18)19;/h4-6,9,13H,2-3,7-8,10H2,1H3,(H3,15,16,17);1H. The number of nitrogens with zero attached hydrogens (tertiary/aromatic N) is 1. The first-order chi connectivity index (χ1) is 9.47. The van der Waals surface area contributed by atoms with Gasteiger partial charge in [-0.25, -0.2) is 8.42 Å². The zero-order valence-corrected chi connectivity index (χ0v) is 15.2. The number of halogens is 1. The van der Waals surface area contributed by atoms with Gasteiger partial charge >= 0.3 is 0 Å². The third kappa shape index (κ3) is 5.46. The number of guanidine groups is 1. The minimum Gasteiger partial charge on any atom is -0.370 e. The third-order valence-electron chi connectivity index (χ3n) is 3.47. The average Bonchev–Trinajstić information content (AvgIpc) is 2.37. The van der Waals surface area contributed by atoms with E-state index in [4.69, 9.17) is 5.73 Å². The monoisotopic (exact) mass is 423 g/mol. The van der Waals surface area contributed by atoms with Crippen molar-refractivity contribution in [1.29, 1.82) is 0 Å². The van der Waals surface area contributed by atoms with E-state index in [1.807, 2.05) is 31.2 Å². The predicted molar refractivity (Wildman–Crippen MR) is 98.1 cm³/mol. The lowest BCUT2D eigenvalue weighted by atomic mass is 10.2. The van der Waals surface area contributed by atoms with Crippen LogP contribution in [-0.4, -0.2) is 31.9 Å². The fourth-order valence-electron chi connectivity index (χ4n) is 2.34. The molecule has 1 atom stereocenters. The van der Waals surface area contributed by atoms with E-state index in [2.05, 4.69) is 10.3 Å². The molecule has 0 saturated carbocycles. The maximum absolute atomic E-state index is 11.9. The van der Waals surface area contributed by atoms with Crippen LogP contribution in [0.3, 0.4) is 0 Å². The lowest BCUT2D eigenvalue weighted by Crippen LogP contribution is -2.32. The van der Waals surface area contributed by atoms with E-state index in [1.54, 1.807) is 0 Å². The van der Waals surface area contributed by atoms with Gasteiger partial charge in [-0.1, -0.05) is 18.6 Å². The summed E-state index contributed by atoms with van der Waals surface area (Å²) in [7, 11) is -2.99. The molecule has 1 unspecified atom stereocenters. The summed E-state index contributed by atoms with van der Waals surface area (Å²) >= 11 is 0. The molecular formula is C14H22IN3O2S. The number of nitrogens with two attached hydrogens (primary N) is 1. The zero-order valence-electron chi connectivity index (χ0n) is 12.1. The third-order valence-corrected chi connectivity index (χ3v) is 5.73. The van der Waals surface area contributed by atoms with Crippen LogP contribution in [0.5, 0.6) is 0 Å². The second-order valence-electron chi connectivity index (χ2n) is 5.21. The number of hydrogen-bond donors (Lipinski definition) is 2. The van der Waals surface area contributed by atoms with Crippen molar-refractivity contribution in [1.82, 2.24) is 0 Å². The van der Waals surface area contributed by atoms with Crippen LogP contribution < -0.4 is 11.1 Å². The highest BCUT2D eigenvalue weighted by Crippen LogP contribution is 2.19. The van der Waals surface area contributed by atoms with E-state index < -0.39 is 9.84 Å². The number of sulfone groups is 1. The first kappa shape index (κ1) is 18.2. The summed E-state index contributed by atoms with van der Waals surface area (Å²) in [4.78, 5) is 4.17. The molecule has 1 aromatic carbocycles. The normalized spacial score (nSPS) is 21.4. The number of rotatable bonds is 3. The highest BCUT2D eigenvalue weighted by Gasteiger charge is 2.28. The van der Waals surface area contributed by atoms with Crippen molar-refractivity contribution in [2.45, 2.75) is 31.4 Å². The minimum absolute atomic E-state index is 0. The first-order valence-electron chi connectivity index (χ1n) is 6.82. The van der Waals surface area contributed by atoms with Crippen molar-refractivity contribution in [3.63, 3.8) is 0 Å². The van der Waals surface area contributed by atoms with Crippen LogP contribution in [0.25, 0.3) is 0 Å². The number of nitrogens with one attached hydrogen (secondary N) is 1. The van der Waals surface area contributed by atoms with Gasteiger partial charge in [0, 0.05) is 5.69 Å². The van der Waals surface area contributed by atoms with Gasteiger partial charge < -0.3 is 11.1 Å². The van der Waals surface area contributed by atoms with Crippen molar-refractivity contribution < 1.29 is 8.42 Å². The fourth-order valence-corrected chi connectivity index (χ4v) is 4.10. The van der Waals surface area contributed by atoms with Gasteiger partial charge in [-0.2, -0.15) is 0 Å². The molecule has 5 nitrogen and oxygen atoms in total. The van der Waals surface area contributed by atoms with E-state index in [0.29, 0.717) is 6.42 Å². The second-order valence-corrected chi connectivity index (χ2v) is 7.61. The highest BCUT2D eigenvalue weighted by molar-refractivity contribution is 14.0. The Labute approximate surface area is 143 Å². The smallest absolute Gasteiger partial charge is 0.193 e. The van der Waals surface area contributed by atoms with E-state index >= 15 is 0 Å². The van der Waals surface area contributed by atoms with Crippen LogP contribution in [0.4, 0.5) is 5.69 Å². The van der Waals surface area contributed by atoms with Crippen LogP contribution >= 0.6 is 24.0 Å². The lowest BCUT2D eigenvalue weighted by molar-refractivity contribution is 0.541. The van der Waals surface area contributed by atoms with Gasteiger partial charge in [0.1, 0.15) is 0 Å². The van der Waals surface area contributed by atoms with Crippen molar-refractivity contribution in [2.75, 3.05) is 17.6 Å². The summed E-state index contributed by atoms with van der Waals surface area (Å²) in [5.41, 5.74) is 7.79. The average molecular weight is 423 g/mol. The van der Waals surface area contributed by atoms with Gasteiger partial charge in [0.05, 0.1) is 17.5 Å². The summed E-state index contributed by atoms with van der Waals surface area (Å²) in [6.07, 6.45) is 2.40. The lowest BCUT2D eigenvalue weighted by Gasteiger charge is -2.20. The SMILES string of the molecule is Cc1cccc(NC(N)=NCC2CCCCS2(=O)=O)c1.I. The number of aryl methyl sites for hydroxylation is 1. The zero-order chi connectivity index (χ0) is 14.6. The molecule has 0 aromatic heterocycles.